The predicted molar refractivity (Wildman–Crippen MR) is 67.5 cm³/mol. The number of nitro benzene ring substituents is 1. The van der Waals surface area contributed by atoms with Crippen molar-refractivity contribution in [2.75, 3.05) is 11.4 Å². The van der Waals surface area contributed by atoms with Crippen LogP contribution in [-0.4, -0.2) is 23.6 Å². The van der Waals surface area contributed by atoms with Crippen molar-refractivity contribution in [3.63, 3.8) is 0 Å². The maximum atomic E-state index is 11.0. The van der Waals surface area contributed by atoms with Crippen LogP contribution in [0.5, 0.6) is 0 Å². The molecule has 1 saturated heterocycles. The minimum absolute atomic E-state index is 0.0332. The first-order valence-corrected chi connectivity index (χ1v) is 5.85. The summed E-state index contributed by atoms with van der Waals surface area (Å²) in [5.74, 6) is 0. The maximum Gasteiger partial charge on any atom is 0.294 e. The van der Waals surface area contributed by atoms with E-state index in [4.69, 9.17) is 17.3 Å². The number of hydrogen-bond donors (Lipinski definition) is 1. The lowest BCUT2D eigenvalue weighted by atomic mass is 10.1. The summed E-state index contributed by atoms with van der Waals surface area (Å²) in [4.78, 5) is 12.5. The molecule has 0 bridgehead atoms. The van der Waals surface area contributed by atoms with E-state index in [-0.39, 0.29) is 17.8 Å². The van der Waals surface area contributed by atoms with E-state index >= 15 is 0 Å². The molecule has 0 aliphatic carbocycles. The molecular formula is C11H14ClN3O2. The Hall–Kier alpha value is -1.33. The summed E-state index contributed by atoms with van der Waals surface area (Å²) in [5, 5.41) is 11.4. The third kappa shape index (κ3) is 2.08. The zero-order valence-corrected chi connectivity index (χ0v) is 10.2. The fourth-order valence-electron chi connectivity index (χ4n) is 2.22. The van der Waals surface area contributed by atoms with Gasteiger partial charge in [0.2, 0.25) is 0 Å². The predicted octanol–water partition coefficient (Wildman–Crippen LogP) is 2.17. The molecular weight excluding hydrogens is 242 g/mol. The molecule has 92 valence electrons. The van der Waals surface area contributed by atoms with Gasteiger partial charge in [0, 0.05) is 24.7 Å². The second-order valence-electron chi connectivity index (χ2n) is 4.25. The number of rotatable bonds is 2. The minimum atomic E-state index is -0.405. The average Bonchev–Trinajstić information content (AvgIpc) is 2.60. The standard InChI is InChI=1S/C11H14ClN3O2/c1-7-9(13)5-6-14(7)11-8(12)3-2-4-10(11)15(16)17/h2-4,7,9H,5-6,13H2,1H3. The number of nitrogens with zero attached hydrogens (tertiary/aromatic N) is 2. The van der Waals surface area contributed by atoms with Crippen LogP contribution in [0.2, 0.25) is 5.02 Å². The second kappa shape index (κ2) is 4.50. The van der Waals surface area contributed by atoms with Gasteiger partial charge in [-0.1, -0.05) is 17.7 Å². The average molecular weight is 256 g/mol. The third-order valence-electron chi connectivity index (χ3n) is 3.26. The maximum absolute atomic E-state index is 11.0. The van der Waals surface area contributed by atoms with Gasteiger partial charge in [-0.2, -0.15) is 0 Å². The molecule has 0 spiro atoms. The number of benzene rings is 1. The molecule has 1 aromatic rings. The van der Waals surface area contributed by atoms with Crippen molar-refractivity contribution < 1.29 is 4.92 Å². The van der Waals surface area contributed by atoms with E-state index in [1.54, 1.807) is 12.1 Å². The third-order valence-corrected chi connectivity index (χ3v) is 3.57. The van der Waals surface area contributed by atoms with Gasteiger partial charge in [0.05, 0.1) is 9.95 Å². The van der Waals surface area contributed by atoms with E-state index in [9.17, 15) is 10.1 Å². The molecule has 2 unspecified atom stereocenters. The van der Waals surface area contributed by atoms with E-state index in [0.717, 1.165) is 6.42 Å². The fraction of sp³-hybridized carbons (Fsp3) is 0.455. The molecule has 0 amide bonds. The lowest BCUT2D eigenvalue weighted by molar-refractivity contribution is -0.384. The van der Waals surface area contributed by atoms with Gasteiger partial charge in [-0.05, 0) is 19.4 Å². The van der Waals surface area contributed by atoms with Crippen molar-refractivity contribution in [3.8, 4) is 0 Å². The summed E-state index contributed by atoms with van der Waals surface area (Å²) in [6.45, 7) is 2.66. The van der Waals surface area contributed by atoms with Crippen molar-refractivity contribution in [3.05, 3.63) is 33.3 Å². The van der Waals surface area contributed by atoms with Crippen molar-refractivity contribution in [2.45, 2.75) is 25.4 Å². The first-order chi connectivity index (χ1) is 8.02. The van der Waals surface area contributed by atoms with Gasteiger partial charge in [-0.3, -0.25) is 10.1 Å². The van der Waals surface area contributed by atoms with Crippen molar-refractivity contribution >= 4 is 23.0 Å². The topological polar surface area (TPSA) is 72.4 Å². The van der Waals surface area contributed by atoms with Crippen LogP contribution in [0.15, 0.2) is 18.2 Å². The highest BCUT2D eigenvalue weighted by Crippen LogP contribution is 2.38. The molecule has 6 heteroatoms. The first kappa shape index (κ1) is 12.1. The molecule has 0 radical (unpaired) electrons. The highest BCUT2D eigenvalue weighted by atomic mass is 35.5. The van der Waals surface area contributed by atoms with E-state index < -0.39 is 4.92 Å². The summed E-state index contributed by atoms with van der Waals surface area (Å²) in [7, 11) is 0. The number of nitrogens with two attached hydrogens (primary N) is 1. The summed E-state index contributed by atoms with van der Waals surface area (Å²) in [6.07, 6.45) is 0.823. The quantitative estimate of drug-likeness (QED) is 0.649. The van der Waals surface area contributed by atoms with Crippen LogP contribution in [0.3, 0.4) is 0 Å². The smallest absolute Gasteiger partial charge is 0.294 e. The number of nitro groups is 1. The van der Waals surface area contributed by atoms with E-state index in [0.29, 0.717) is 17.3 Å². The number of anilines is 1. The summed E-state index contributed by atoms with van der Waals surface area (Å²) < 4.78 is 0. The Balaban J connectivity index is 2.47. The van der Waals surface area contributed by atoms with Crippen LogP contribution in [-0.2, 0) is 0 Å². The number of para-hydroxylation sites is 1. The lowest BCUT2D eigenvalue weighted by Crippen LogP contribution is -2.37. The Morgan fingerprint density at radius 3 is 2.82 bits per heavy atom. The van der Waals surface area contributed by atoms with Crippen LogP contribution in [0.25, 0.3) is 0 Å². The van der Waals surface area contributed by atoms with Gasteiger partial charge in [0.25, 0.3) is 5.69 Å². The van der Waals surface area contributed by atoms with Gasteiger partial charge in [-0.15, -0.1) is 0 Å². The van der Waals surface area contributed by atoms with Crippen molar-refractivity contribution in [1.29, 1.82) is 0 Å². The molecule has 2 rings (SSSR count). The van der Waals surface area contributed by atoms with E-state index in [1.165, 1.54) is 6.07 Å². The SMILES string of the molecule is CC1C(N)CCN1c1c(Cl)cccc1[N+](=O)[O-]. The molecule has 0 saturated carbocycles. The van der Waals surface area contributed by atoms with Crippen LogP contribution in [0.4, 0.5) is 11.4 Å². The van der Waals surface area contributed by atoms with Gasteiger partial charge in [0.1, 0.15) is 5.69 Å². The normalized spacial score (nSPS) is 24.1. The zero-order valence-electron chi connectivity index (χ0n) is 9.47. The second-order valence-corrected chi connectivity index (χ2v) is 4.66. The summed E-state index contributed by atoms with van der Waals surface area (Å²) in [5.41, 5.74) is 6.45. The van der Waals surface area contributed by atoms with E-state index in [2.05, 4.69) is 0 Å². The zero-order chi connectivity index (χ0) is 12.6. The van der Waals surface area contributed by atoms with Crippen LogP contribution >= 0.6 is 11.6 Å². The van der Waals surface area contributed by atoms with Gasteiger partial charge >= 0.3 is 0 Å². The van der Waals surface area contributed by atoms with Crippen LogP contribution in [0.1, 0.15) is 13.3 Å². The van der Waals surface area contributed by atoms with Gasteiger partial charge in [0.15, 0.2) is 0 Å². The molecule has 1 heterocycles. The van der Waals surface area contributed by atoms with Gasteiger partial charge < -0.3 is 10.6 Å². The molecule has 1 aliphatic rings. The Morgan fingerprint density at radius 2 is 2.29 bits per heavy atom. The van der Waals surface area contributed by atoms with Crippen molar-refractivity contribution in [2.24, 2.45) is 5.73 Å². The van der Waals surface area contributed by atoms with Crippen LogP contribution < -0.4 is 10.6 Å². The molecule has 2 atom stereocenters. The molecule has 17 heavy (non-hydrogen) atoms. The molecule has 1 fully saturated rings. The Labute approximate surface area is 104 Å². The number of halogens is 1. The molecule has 1 aromatic carbocycles. The van der Waals surface area contributed by atoms with E-state index in [1.807, 2.05) is 11.8 Å². The van der Waals surface area contributed by atoms with Gasteiger partial charge in [-0.25, -0.2) is 0 Å². The summed E-state index contributed by atoms with van der Waals surface area (Å²) >= 11 is 6.08. The lowest BCUT2D eigenvalue weighted by Gasteiger charge is -2.25. The Kier molecular flexibility index (Phi) is 3.22. The highest BCUT2D eigenvalue weighted by molar-refractivity contribution is 6.33. The van der Waals surface area contributed by atoms with Crippen molar-refractivity contribution in [1.82, 2.24) is 0 Å². The Bertz CT molecular complexity index is 452. The largest absolute Gasteiger partial charge is 0.360 e. The first-order valence-electron chi connectivity index (χ1n) is 5.47. The van der Waals surface area contributed by atoms with Crippen LogP contribution in [0, 0.1) is 10.1 Å². The Morgan fingerprint density at radius 1 is 1.59 bits per heavy atom. The molecule has 0 aromatic heterocycles. The summed E-state index contributed by atoms with van der Waals surface area (Å²) in [6, 6.07) is 4.82. The highest BCUT2D eigenvalue weighted by Gasteiger charge is 2.33. The molecule has 2 N–H and O–H groups in total. The number of hydrogen-bond acceptors (Lipinski definition) is 4. The monoisotopic (exact) mass is 255 g/mol. The fourth-order valence-corrected chi connectivity index (χ4v) is 2.49. The molecule has 5 nitrogen and oxygen atoms in total. The minimum Gasteiger partial charge on any atom is -0.360 e. The molecule has 1 aliphatic heterocycles.